The van der Waals surface area contributed by atoms with E-state index in [0.717, 1.165) is 79.3 Å². The number of carbonyl (C=O) groups excluding carboxylic acids is 1. The lowest BCUT2D eigenvalue weighted by atomic mass is 9.85. The Morgan fingerprint density at radius 1 is 1.15 bits per heavy atom. The van der Waals surface area contributed by atoms with Crippen molar-refractivity contribution in [3.8, 4) is 17.0 Å². The maximum Gasteiger partial charge on any atom is 0.228 e. The molecule has 0 atom stereocenters. The first-order valence-electron chi connectivity index (χ1n) is 12.1. The number of pyridine rings is 1. The van der Waals surface area contributed by atoms with Gasteiger partial charge in [0.05, 0.1) is 18.0 Å². The minimum Gasteiger partial charge on any atom is -0.480 e. The normalized spacial score (nSPS) is 20.8. The first-order chi connectivity index (χ1) is 16.7. The number of ether oxygens (including phenoxy) is 1. The summed E-state index contributed by atoms with van der Waals surface area (Å²) in [5.41, 5.74) is 3.78. The zero-order valence-electron chi connectivity index (χ0n) is 19.3. The van der Waals surface area contributed by atoms with E-state index >= 15 is 0 Å². The van der Waals surface area contributed by atoms with E-state index in [2.05, 4.69) is 26.4 Å². The number of methoxy groups -OCH3 is 1. The van der Waals surface area contributed by atoms with Gasteiger partial charge in [-0.3, -0.25) is 4.79 Å². The fourth-order valence-electron chi connectivity index (χ4n) is 5.39. The van der Waals surface area contributed by atoms with Gasteiger partial charge in [-0.1, -0.05) is 0 Å². The van der Waals surface area contributed by atoms with E-state index in [4.69, 9.17) is 9.72 Å². The highest BCUT2D eigenvalue weighted by Crippen LogP contribution is 2.35. The highest BCUT2D eigenvalue weighted by Gasteiger charge is 2.31. The Balaban J connectivity index is 1.20. The molecule has 9 heteroatoms. The average Bonchev–Trinajstić information content (AvgIpc) is 3.64. The van der Waals surface area contributed by atoms with E-state index in [1.165, 1.54) is 0 Å². The number of anilines is 1. The number of rotatable bonds is 5. The van der Waals surface area contributed by atoms with E-state index in [1.807, 2.05) is 33.9 Å². The van der Waals surface area contributed by atoms with Gasteiger partial charge in [-0.05, 0) is 62.3 Å². The molecule has 0 unspecified atom stereocenters. The van der Waals surface area contributed by atoms with Crippen molar-refractivity contribution in [2.24, 2.45) is 5.92 Å². The van der Waals surface area contributed by atoms with Gasteiger partial charge in [0.25, 0.3) is 0 Å². The maximum absolute atomic E-state index is 12.7. The van der Waals surface area contributed by atoms with E-state index in [1.54, 1.807) is 13.3 Å². The van der Waals surface area contributed by atoms with Gasteiger partial charge in [0.2, 0.25) is 17.7 Å². The molecule has 1 aliphatic heterocycles. The fraction of sp³-hybridized carbons (Fsp3) is 0.440. The molecular weight excluding hydrogens is 430 g/mol. The number of hydrogen-bond acceptors (Lipinski definition) is 6. The number of nitrogens with zero attached hydrogens (tertiary/aromatic N) is 5. The van der Waals surface area contributed by atoms with E-state index in [0.29, 0.717) is 17.7 Å². The van der Waals surface area contributed by atoms with Crippen molar-refractivity contribution < 1.29 is 9.53 Å². The number of carbonyl (C=O) groups is 1. The molecule has 2 N–H and O–H groups in total. The molecule has 0 bridgehead atoms. The molecule has 0 aromatic carbocycles. The number of aromatic amines is 1. The molecule has 0 radical (unpaired) electrons. The van der Waals surface area contributed by atoms with Crippen LogP contribution in [0.2, 0.25) is 0 Å². The van der Waals surface area contributed by atoms with Crippen LogP contribution in [0.25, 0.3) is 27.7 Å². The Labute approximate surface area is 197 Å². The summed E-state index contributed by atoms with van der Waals surface area (Å²) < 4.78 is 7.51. The van der Waals surface area contributed by atoms with Crippen molar-refractivity contribution in [2.75, 3.05) is 25.5 Å². The third-order valence-corrected chi connectivity index (χ3v) is 7.23. The number of fused-ring (bicyclic) bond motifs is 2. The van der Waals surface area contributed by atoms with Crippen LogP contribution in [-0.4, -0.2) is 61.6 Å². The molecule has 4 aromatic rings. The van der Waals surface area contributed by atoms with Gasteiger partial charge in [0.15, 0.2) is 0 Å². The van der Waals surface area contributed by atoms with Gasteiger partial charge in [-0.15, -0.1) is 0 Å². The van der Waals surface area contributed by atoms with Crippen molar-refractivity contribution >= 4 is 28.4 Å². The van der Waals surface area contributed by atoms with Crippen LogP contribution in [0, 0.1) is 5.92 Å². The van der Waals surface area contributed by atoms with Gasteiger partial charge in [0, 0.05) is 49.2 Å². The summed E-state index contributed by atoms with van der Waals surface area (Å²) in [6.45, 7) is 1.86. The predicted molar refractivity (Wildman–Crippen MR) is 130 cm³/mol. The number of nitrogens with one attached hydrogen (secondary N) is 2. The molecule has 176 valence electrons. The highest BCUT2D eigenvalue weighted by atomic mass is 16.5. The summed E-state index contributed by atoms with van der Waals surface area (Å²) in [7, 11) is 1.64. The summed E-state index contributed by atoms with van der Waals surface area (Å²) in [5.74, 6) is 1.60. The summed E-state index contributed by atoms with van der Waals surface area (Å²) in [5, 5.41) is 8.61. The minimum absolute atomic E-state index is 0.160. The van der Waals surface area contributed by atoms with Gasteiger partial charge in [-0.2, -0.15) is 15.1 Å². The zero-order chi connectivity index (χ0) is 23.1. The third-order valence-electron chi connectivity index (χ3n) is 7.23. The molecule has 1 aliphatic carbocycles. The SMILES string of the molecule is COc1nc(NC2CCC(C(=O)N3CCCC3)CC2)nc2[nH]cc(-c3ccn4nccc4c3)c12. The van der Waals surface area contributed by atoms with E-state index < -0.39 is 0 Å². The Morgan fingerprint density at radius 3 is 2.76 bits per heavy atom. The smallest absolute Gasteiger partial charge is 0.228 e. The molecule has 1 amide bonds. The predicted octanol–water partition coefficient (Wildman–Crippen LogP) is 3.87. The third kappa shape index (κ3) is 3.74. The van der Waals surface area contributed by atoms with Crippen molar-refractivity contribution in [1.82, 2.24) is 29.5 Å². The van der Waals surface area contributed by atoms with Crippen molar-refractivity contribution in [3.05, 3.63) is 36.8 Å². The Hall–Kier alpha value is -3.62. The average molecular weight is 460 g/mol. The summed E-state index contributed by atoms with van der Waals surface area (Å²) >= 11 is 0. The zero-order valence-corrected chi connectivity index (χ0v) is 19.3. The quantitative estimate of drug-likeness (QED) is 0.470. The van der Waals surface area contributed by atoms with Crippen LogP contribution in [0.15, 0.2) is 36.8 Å². The van der Waals surface area contributed by atoms with Gasteiger partial charge in [-0.25, -0.2) is 4.52 Å². The second-order valence-corrected chi connectivity index (χ2v) is 9.32. The Kier molecular flexibility index (Phi) is 5.31. The maximum atomic E-state index is 12.7. The second kappa shape index (κ2) is 8.62. The second-order valence-electron chi connectivity index (χ2n) is 9.32. The lowest BCUT2D eigenvalue weighted by Gasteiger charge is -2.30. The van der Waals surface area contributed by atoms with E-state index in [9.17, 15) is 4.79 Å². The molecule has 2 aliphatic rings. The summed E-state index contributed by atoms with van der Waals surface area (Å²) in [6.07, 6.45) is 11.7. The highest BCUT2D eigenvalue weighted by molar-refractivity contribution is 5.98. The number of amides is 1. The molecule has 1 saturated heterocycles. The van der Waals surface area contributed by atoms with Crippen LogP contribution >= 0.6 is 0 Å². The van der Waals surface area contributed by atoms with Gasteiger partial charge in [0.1, 0.15) is 5.65 Å². The lowest BCUT2D eigenvalue weighted by Crippen LogP contribution is -2.37. The van der Waals surface area contributed by atoms with Crippen LogP contribution in [0.5, 0.6) is 5.88 Å². The molecule has 0 spiro atoms. The topological polar surface area (TPSA) is 100 Å². The monoisotopic (exact) mass is 459 g/mol. The number of hydrogen-bond donors (Lipinski definition) is 2. The lowest BCUT2D eigenvalue weighted by molar-refractivity contribution is -0.135. The van der Waals surface area contributed by atoms with Crippen LogP contribution in [-0.2, 0) is 4.79 Å². The summed E-state index contributed by atoms with van der Waals surface area (Å²) in [6, 6.07) is 6.34. The number of H-pyrrole nitrogens is 1. The van der Waals surface area contributed by atoms with Crippen molar-refractivity contribution in [3.63, 3.8) is 0 Å². The molecule has 5 heterocycles. The molecular formula is C25H29N7O2. The van der Waals surface area contributed by atoms with Gasteiger partial charge >= 0.3 is 0 Å². The van der Waals surface area contributed by atoms with Crippen LogP contribution in [0.1, 0.15) is 38.5 Å². The summed E-state index contributed by atoms with van der Waals surface area (Å²) in [4.78, 5) is 27.5. The van der Waals surface area contributed by atoms with Crippen molar-refractivity contribution in [1.29, 1.82) is 0 Å². The Bertz CT molecular complexity index is 1330. The first kappa shape index (κ1) is 20.9. The van der Waals surface area contributed by atoms with Crippen LogP contribution in [0.3, 0.4) is 0 Å². The molecule has 4 aromatic heterocycles. The standard InChI is InChI=1S/C25H29N7O2/c1-34-23-21-20(17-9-13-32-19(14-17)8-10-27-32)15-26-22(21)29-25(30-23)28-18-6-4-16(5-7-18)24(33)31-11-2-3-12-31/h8-10,13-16,18H,2-7,11-12H2,1H3,(H2,26,28,29,30). The van der Waals surface area contributed by atoms with Crippen LogP contribution < -0.4 is 10.1 Å². The van der Waals surface area contributed by atoms with Crippen LogP contribution in [0.4, 0.5) is 5.95 Å². The molecule has 6 rings (SSSR count). The molecule has 2 fully saturated rings. The van der Waals surface area contributed by atoms with E-state index in [-0.39, 0.29) is 12.0 Å². The van der Waals surface area contributed by atoms with Gasteiger partial charge < -0.3 is 19.9 Å². The molecule has 1 saturated carbocycles. The first-order valence-corrected chi connectivity index (χ1v) is 12.1. The largest absolute Gasteiger partial charge is 0.480 e. The molecule has 9 nitrogen and oxygen atoms in total. The number of likely N-dealkylation sites (tertiary alicyclic amines) is 1. The Morgan fingerprint density at radius 2 is 1.97 bits per heavy atom. The fourth-order valence-corrected chi connectivity index (χ4v) is 5.39. The number of aromatic nitrogens is 5. The minimum atomic E-state index is 0.160. The van der Waals surface area contributed by atoms with Crippen molar-refractivity contribution in [2.45, 2.75) is 44.6 Å². The molecule has 34 heavy (non-hydrogen) atoms.